The summed E-state index contributed by atoms with van der Waals surface area (Å²) in [5.74, 6) is 0.768. The third-order valence-corrected chi connectivity index (χ3v) is 5.71. The Kier molecular flexibility index (Phi) is 5.47. The molecule has 148 valence electrons. The van der Waals surface area contributed by atoms with E-state index in [1.54, 1.807) is 17.4 Å². The van der Waals surface area contributed by atoms with Gasteiger partial charge < -0.3 is 9.84 Å². The van der Waals surface area contributed by atoms with Gasteiger partial charge in [0.25, 0.3) is 5.56 Å². The second-order valence-corrected chi connectivity index (χ2v) is 7.99. The summed E-state index contributed by atoms with van der Waals surface area (Å²) in [5, 5.41) is 18.5. The molecular formula is C23H22N2O3S. The fourth-order valence-corrected chi connectivity index (χ4v) is 4.14. The Hall–Kier alpha value is -2.96. The van der Waals surface area contributed by atoms with Gasteiger partial charge in [0, 0.05) is 5.39 Å². The van der Waals surface area contributed by atoms with Crippen LogP contribution >= 0.6 is 11.3 Å². The minimum atomic E-state index is -0.864. The van der Waals surface area contributed by atoms with E-state index < -0.39 is 6.10 Å². The van der Waals surface area contributed by atoms with Crippen LogP contribution in [0.2, 0.25) is 0 Å². The van der Waals surface area contributed by atoms with Crippen molar-refractivity contribution >= 4 is 22.1 Å². The van der Waals surface area contributed by atoms with E-state index in [2.05, 4.69) is 5.10 Å². The second-order valence-electron chi connectivity index (χ2n) is 7.04. The molecular weight excluding hydrogens is 384 g/mol. The number of benzene rings is 2. The first-order chi connectivity index (χ1) is 14.0. The molecule has 2 aromatic heterocycles. The van der Waals surface area contributed by atoms with Crippen LogP contribution < -0.4 is 10.3 Å². The molecule has 0 amide bonds. The van der Waals surface area contributed by atoms with E-state index in [0.29, 0.717) is 5.39 Å². The number of aliphatic hydroxyl groups is 1. The lowest BCUT2D eigenvalue weighted by atomic mass is 10.1. The number of fused-ring (bicyclic) bond motifs is 1. The molecule has 29 heavy (non-hydrogen) atoms. The third-order valence-electron chi connectivity index (χ3n) is 4.83. The first-order valence-electron chi connectivity index (χ1n) is 9.45. The Morgan fingerprint density at radius 1 is 1.03 bits per heavy atom. The van der Waals surface area contributed by atoms with Crippen molar-refractivity contribution in [2.75, 3.05) is 6.61 Å². The largest absolute Gasteiger partial charge is 0.490 e. The summed E-state index contributed by atoms with van der Waals surface area (Å²) >= 11 is 1.57. The van der Waals surface area contributed by atoms with Gasteiger partial charge in [0.05, 0.1) is 16.8 Å². The Labute approximate surface area is 172 Å². The van der Waals surface area contributed by atoms with E-state index in [0.717, 1.165) is 32.8 Å². The highest BCUT2D eigenvalue weighted by Gasteiger charge is 2.16. The molecule has 0 saturated carbocycles. The maximum Gasteiger partial charge on any atom is 0.274 e. The first kappa shape index (κ1) is 19.4. The number of rotatable bonds is 6. The zero-order valence-corrected chi connectivity index (χ0v) is 17.1. The van der Waals surface area contributed by atoms with Crippen LogP contribution in [0.4, 0.5) is 0 Å². The number of aliphatic hydroxyl groups excluding tert-OH is 1. The van der Waals surface area contributed by atoms with E-state index in [1.165, 1.54) is 4.68 Å². The fraction of sp³-hybridized carbons (Fsp3) is 0.217. The molecule has 4 aromatic rings. The lowest BCUT2D eigenvalue weighted by molar-refractivity contribution is 0.0876. The minimum absolute atomic E-state index is 0.0625. The molecule has 0 fully saturated rings. The molecule has 2 heterocycles. The lowest BCUT2D eigenvalue weighted by Gasteiger charge is -2.17. The maximum absolute atomic E-state index is 12.9. The maximum atomic E-state index is 12.9. The highest BCUT2D eigenvalue weighted by Crippen LogP contribution is 2.28. The molecule has 0 spiro atoms. The molecule has 0 aliphatic carbocycles. The predicted octanol–water partition coefficient (Wildman–Crippen LogP) is 4.18. The predicted molar refractivity (Wildman–Crippen MR) is 117 cm³/mol. The van der Waals surface area contributed by atoms with Gasteiger partial charge in [-0.1, -0.05) is 42.5 Å². The van der Waals surface area contributed by atoms with Crippen molar-refractivity contribution in [1.82, 2.24) is 9.78 Å². The molecule has 1 N–H and O–H groups in total. The van der Waals surface area contributed by atoms with Crippen molar-refractivity contribution in [2.24, 2.45) is 0 Å². The van der Waals surface area contributed by atoms with Gasteiger partial charge in [-0.15, -0.1) is 11.3 Å². The van der Waals surface area contributed by atoms with Crippen LogP contribution in [0, 0.1) is 13.8 Å². The molecule has 2 aromatic carbocycles. The zero-order valence-electron chi connectivity index (χ0n) is 16.3. The fourth-order valence-electron chi connectivity index (χ4n) is 3.41. The summed E-state index contributed by atoms with van der Waals surface area (Å²) in [7, 11) is 0. The molecule has 0 saturated heterocycles. The van der Waals surface area contributed by atoms with Crippen LogP contribution in [0.25, 0.3) is 21.3 Å². The number of thiophene rings is 1. The van der Waals surface area contributed by atoms with Gasteiger partial charge >= 0.3 is 0 Å². The summed E-state index contributed by atoms with van der Waals surface area (Å²) in [6, 6.07) is 17.3. The average molecular weight is 407 g/mol. The number of hydrogen-bond donors (Lipinski definition) is 1. The van der Waals surface area contributed by atoms with Gasteiger partial charge in [0.2, 0.25) is 0 Å². The molecule has 5 nitrogen and oxygen atoms in total. The van der Waals surface area contributed by atoms with Gasteiger partial charge in [-0.2, -0.15) is 5.10 Å². The van der Waals surface area contributed by atoms with Gasteiger partial charge in [-0.05, 0) is 42.5 Å². The van der Waals surface area contributed by atoms with Crippen molar-refractivity contribution in [3.63, 3.8) is 0 Å². The zero-order chi connectivity index (χ0) is 20.4. The van der Waals surface area contributed by atoms with Crippen LogP contribution in [0.1, 0.15) is 11.1 Å². The second kappa shape index (κ2) is 8.19. The number of aromatic nitrogens is 2. The Morgan fingerprint density at radius 2 is 1.76 bits per heavy atom. The molecule has 4 rings (SSSR count). The standard InChI is InChI=1S/C23H22N2O3S/c1-15-7-5-8-16(2)22(15)28-14-17(26)13-25-23(27)19-10-4-3-9-18(19)21(24-25)20-11-6-12-29-20/h3-12,17,26H,13-14H2,1-2H3/t17-/m1/s1. The number of ether oxygens (including phenoxy) is 1. The summed E-state index contributed by atoms with van der Waals surface area (Å²) in [6.45, 7) is 4.09. The van der Waals surface area contributed by atoms with Crippen molar-refractivity contribution < 1.29 is 9.84 Å². The molecule has 0 unspecified atom stereocenters. The molecule has 1 atom stereocenters. The number of aryl methyl sites for hydroxylation is 2. The molecule has 0 aliphatic heterocycles. The number of para-hydroxylation sites is 1. The Bertz CT molecular complexity index is 1180. The number of hydrogen-bond acceptors (Lipinski definition) is 5. The highest BCUT2D eigenvalue weighted by atomic mass is 32.1. The molecule has 0 aliphatic rings. The monoisotopic (exact) mass is 406 g/mol. The minimum Gasteiger partial charge on any atom is -0.490 e. The highest BCUT2D eigenvalue weighted by molar-refractivity contribution is 7.13. The quantitative estimate of drug-likeness (QED) is 0.522. The molecule has 0 radical (unpaired) electrons. The molecule has 6 heteroatoms. The van der Waals surface area contributed by atoms with Gasteiger partial charge in [-0.25, -0.2) is 4.68 Å². The van der Waals surface area contributed by atoms with E-state index in [4.69, 9.17) is 4.74 Å². The van der Waals surface area contributed by atoms with E-state index in [1.807, 2.05) is 67.8 Å². The SMILES string of the molecule is Cc1cccc(C)c1OC[C@H](O)Cn1nc(-c2cccs2)c2ccccc2c1=O. The summed E-state index contributed by atoms with van der Waals surface area (Å²) in [4.78, 5) is 13.9. The average Bonchev–Trinajstić information content (AvgIpc) is 3.24. The first-order valence-corrected chi connectivity index (χ1v) is 10.3. The normalized spacial score (nSPS) is 12.2. The van der Waals surface area contributed by atoms with Crippen LogP contribution in [0.3, 0.4) is 0 Å². The smallest absolute Gasteiger partial charge is 0.274 e. The van der Waals surface area contributed by atoms with Crippen LogP contribution in [0.15, 0.2) is 64.8 Å². The summed E-state index contributed by atoms with van der Waals surface area (Å²) in [5.41, 5.74) is 2.56. The van der Waals surface area contributed by atoms with Crippen molar-refractivity contribution in [2.45, 2.75) is 26.5 Å². The Morgan fingerprint density at radius 3 is 2.45 bits per heavy atom. The third kappa shape index (κ3) is 3.95. The van der Waals surface area contributed by atoms with Crippen LogP contribution in [-0.2, 0) is 6.54 Å². The molecule has 0 bridgehead atoms. The van der Waals surface area contributed by atoms with Crippen molar-refractivity contribution in [3.8, 4) is 16.3 Å². The van der Waals surface area contributed by atoms with E-state index >= 15 is 0 Å². The van der Waals surface area contributed by atoms with Crippen molar-refractivity contribution in [3.05, 3.63) is 81.5 Å². The van der Waals surface area contributed by atoms with Crippen LogP contribution in [0.5, 0.6) is 5.75 Å². The van der Waals surface area contributed by atoms with Gasteiger partial charge in [-0.3, -0.25) is 4.79 Å². The van der Waals surface area contributed by atoms with Gasteiger partial charge in [0.15, 0.2) is 0 Å². The van der Waals surface area contributed by atoms with E-state index in [9.17, 15) is 9.90 Å². The summed E-state index contributed by atoms with van der Waals surface area (Å²) < 4.78 is 7.18. The lowest BCUT2D eigenvalue weighted by Crippen LogP contribution is -2.32. The van der Waals surface area contributed by atoms with Gasteiger partial charge in [0.1, 0.15) is 24.2 Å². The Balaban J connectivity index is 1.62. The number of nitrogens with zero attached hydrogens (tertiary/aromatic N) is 2. The van der Waals surface area contributed by atoms with Crippen molar-refractivity contribution in [1.29, 1.82) is 0 Å². The van der Waals surface area contributed by atoms with Crippen LogP contribution in [-0.4, -0.2) is 27.6 Å². The summed E-state index contributed by atoms with van der Waals surface area (Å²) in [6.07, 6.45) is -0.864. The van der Waals surface area contributed by atoms with E-state index in [-0.39, 0.29) is 18.7 Å². The topological polar surface area (TPSA) is 64.3 Å².